The Hall–Kier alpha value is -1.83. The van der Waals surface area contributed by atoms with E-state index in [0.717, 1.165) is 4.88 Å². The Labute approximate surface area is 124 Å². The van der Waals surface area contributed by atoms with Crippen molar-refractivity contribution in [3.8, 4) is 0 Å². The second-order valence-electron chi connectivity index (χ2n) is 4.18. The van der Waals surface area contributed by atoms with E-state index in [-0.39, 0.29) is 11.7 Å². The summed E-state index contributed by atoms with van der Waals surface area (Å²) in [5, 5.41) is 14.1. The average Bonchev–Trinajstić information content (AvgIpc) is 2.85. The third-order valence-corrected chi connectivity index (χ3v) is 4.11. The number of thiophene rings is 1. The molecule has 0 saturated carbocycles. The molecule has 0 saturated heterocycles. The molecule has 20 heavy (non-hydrogen) atoms. The van der Waals surface area contributed by atoms with E-state index in [4.69, 9.17) is 17.4 Å². The van der Waals surface area contributed by atoms with Crippen LogP contribution in [-0.4, -0.2) is 4.92 Å². The molecule has 0 aliphatic rings. The number of hydrazine groups is 1. The van der Waals surface area contributed by atoms with Crippen LogP contribution in [0.1, 0.15) is 17.8 Å². The standard InChI is InChI=1S/C12H13ClN4O2S/c1-7(11-2-3-12(13)20-11)15-8-4-9(16-14)6-10(5-8)17(18)19/h2-7,15-16H,14H2,1H3. The molecule has 0 bridgehead atoms. The van der Waals surface area contributed by atoms with Crippen LogP contribution in [-0.2, 0) is 0 Å². The molecule has 1 heterocycles. The first-order valence-corrected chi connectivity index (χ1v) is 6.97. The van der Waals surface area contributed by atoms with Gasteiger partial charge >= 0.3 is 0 Å². The van der Waals surface area contributed by atoms with E-state index in [1.807, 2.05) is 19.1 Å². The predicted octanol–water partition coefficient (Wildman–Crippen LogP) is 3.77. The lowest BCUT2D eigenvalue weighted by Gasteiger charge is -2.14. The van der Waals surface area contributed by atoms with Crippen LogP contribution in [0.15, 0.2) is 30.3 Å². The van der Waals surface area contributed by atoms with Gasteiger partial charge in [-0.05, 0) is 25.1 Å². The molecule has 4 N–H and O–H groups in total. The number of nitro groups is 1. The molecule has 0 fully saturated rings. The molecular weight excluding hydrogens is 300 g/mol. The number of hydrogen-bond acceptors (Lipinski definition) is 6. The van der Waals surface area contributed by atoms with Gasteiger partial charge in [0.05, 0.1) is 21.0 Å². The number of rotatable bonds is 5. The van der Waals surface area contributed by atoms with Gasteiger partial charge in [-0.2, -0.15) is 0 Å². The number of nitrogens with two attached hydrogens (primary N) is 1. The van der Waals surface area contributed by atoms with Crippen molar-refractivity contribution in [3.63, 3.8) is 0 Å². The number of hydrogen-bond donors (Lipinski definition) is 3. The second kappa shape index (κ2) is 6.08. The number of halogens is 1. The molecule has 0 amide bonds. The van der Waals surface area contributed by atoms with Gasteiger partial charge in [0.1, 0.15) is 0 Å². The zero-order valence-corrected chi connectivity index (χ0v) is 12.2. The maximum atomic E-state index is 10.9. The molecule has 2 aromatic rings. The van der Waals surface area contributed by atoms with Crippen LogP contribution < -0.4 is 16.6 Å². The van der Waals surface area contributed by atoms with Gasteiger partial charge in [-0.3, -0.25) is 16.0 Å². The molecule has 106 valence electrons. The summed E-state index contributed by atoms with van der Waals surface area (Å²) in [5.74, 6) is 5.32. The van der Waals surface area contributed by atoms with E-state index in [1.165, 1.54) is 23.5 Å². The van der Waals surface area contributed by atoms with Crippen LogP contribution in [0.5, 0.6) is 0 Å². The Morgan fingerprint density at radius 2 is 2.05 bits per heavy atom. The molecule has 0 spiro atoms. The maximum absolute atomic E-state index is 10.9. The smallest absolute Gasteiger partial charge is 0.273 e. The Morgan fingerprint density at radius 1 is 1.35 bits per heavy atom. The molecule has 1 aromatic carbocycles. The fraction of sp³-hybridized carbons (Fsp3) is 0.167. The van der Waals surface area contributed by atoms with Crippen molar-refractivity contribution >= 4 is 40.0 Å². The van der Waals surface area contributed by atoms with Gasteiger partial charge < -0.3 is 10.7 Å². The molecule has 6 nitrogen and oxygen atoms in total. The zero-order chi connectivity index (χ0) is 14.7. The second-order valence-corrected chi connectivity index (χ2v) is 5.92. The molecular formula is C12H13ClN4O2S. The summed E-state index contributed by atoms with van der Waals surface area (Å²) < 4.78 is 0.706. The maximum Gasteiger partial charge on any atom is 0.273 e. The van der Waals surface area contributed by atoms with Crippen LogP contribution in [0.2, 0.25) is 4.34 Å². The predicted molar refractivity (Wildman–Crippen MR) is 82.3 cm³/mol. The quantitative estimate of drug-likeness (QED) is 0.444. The SMILES string of the molecule is CC(Nc1cc(NN)cc([N+](=O)[O-])c1)c1ccc(Cl)s1. The van der Waals surface area contributed by atoms with Crippen LogP contribution in [0.4, 0.5) is 17.1 Å². The Morgan fingerprint density at radius 3 is 2.60 bits per heavy atom. The van der Waals surface area contributed by atoms with Crippen LogP contribution in [0.25, 0.3) is 0 Å². The number of nitro benzene ring substituents is 1. The van der Waals surface area contributed by atoms with E-state index in [1.54, 1.807) is 6.07 Å². The van der Waals surface area contributed by atoms with Gasteiger partial charge in [0.25, 0.3) is 5.69 Å². The average molecular weight is 313 g/mol. The van der Waals surface area contributed by atoms with Gasteiger partial charge in [-0.1, -0.05) is 11.6 Å². The van der Waals surface area contributed by atoms with Gasteiger partial charge in [0.15, 0.2) is 0 Å². The van der Waals surface area contributed by atoms with Crippen LogP contribution in [0.3, 0.4) is 0 Å². The number of non-ortho nitro benzene ring substituents is 1. The Bertz CT molecular complexity index is 632. The molecule has 0 radical (unpaired) electrons. The largest absolute Gasteiger partial charge is 0.377 e. The molecule has 8 heteroatoms. The number of nitrogens with zero attached hydrogens (tertiary/aromatic N) is 1. The highest BCUT2D eigenvalue weighted by Gasteiger charge is 2.13. The molecule has 0 aliphatic heterocycles. The summed E-state index contributed by atoms with van der Waals surface area (Å²) in [6.45, 7) is 1.95. The third kappa shape index (κ3) is 3.38. The van der Waals surface area contributed by atoms with Gasteiger partial charge in [0, 0.05) is 22.7 Å². The number of nitrogens with one attached hydrogen (secondary N) is 2. The minimum atomic E-state index is -0.460. The Kier molecular flexibility index (Phi) is 4.43. The van der Waals surface area contributed by atoms with Crippen molar-refractivity contribution in [2.24, 2.45) is 5.84 Å². The highest BCUT2D eigenvalue weighted by atomic mass is 35.5. The highest BCUT2D eigenvalue weighted by molar-refractivity contribution is 7.16. The van der Waals surface area contributed by atoms with E-state index in [2.05, 4.69) is 10.7 Å². The molecule has 2 rings (SSSR count). The summed E-state index contributed by atoms with van der Waals surface area (Å²) in [6, 6.07) is 8.27. The highest BCUT2D eigenvalue weighted by Crippen LogP contribution is 2.31. The monoisotopic (exact) mass is 312 g/mol. The van der Waals surface area contributed by atoms with Crippen molar-refractivity contribution in [3.05, 3.63) is 49.7 Å². The lowest BCUT2D eigenvalue weighted by atomic mass is 10.2. The number of nitrogen functional groups attached to an aromatic ring is 1. The first-order valence-electron chi connectivity index (χ1n) is 5.77. The first kappa shape index (κ1) is 14.6. The number of benzene rings is 1. The van der Waals surface area contributed by atoms with E-state index in [9.17, 15) is 10.1 Å². The lowest BCUT2D eigenvalue weighted by molar-refractivity contribution is -0.384. The van der Waals surface area contributed by atoms with Gasteiger partial charge in [-0.25, -0.2) is 0 Å². The topological polar surface area (TPSA) is 93.2 Å². The first-order chi connectivity index (χ1) is 9.49. The lowest BCUT2D eigenvalue weighted by Crippen LogP contribution is -2.09. The van der Waals surface area contributed by atoms with E-state index in [0.29, 0.717) is 15.7 Å². The fourth-order valence-corrected chi connectivity index (χ4v) is 2.83. The van der Waals surface area contributed by atoms with Crippen molar-refractivity contribution in [2.45, 2.75) is 13.0 Å². The fourth-order valence-electron chi connectivity index (χ4n) is 1.77. The van der Waals surface area contributed by atoms with E-state index >= 15 is 0 Å². The summed E-state index contributed by atoms with van der Waals surface area (Å²) >= 11 is 7.36. The molecule has 1 atom stereocenters. The number of anilines is 2. The molecule has 1 unspecified atom stereocenters. The molecule has 1 aromatic heterocycles. The zero-order valence-electron chi connectivity index (χ0n) is 10.6. The summed E-state index contributed by atoms with van der Waals surface area (Å²) in [5.41, 5.74) is 3.47. The summed E-state index contributed by atoms with van der Waals surface area (Å²) in [6.07, 6.45) is 0. The van der Waals surface area contributed by atoms with Crippen molar-refractivity contribution in [1.29, 1.82) is 0 Å². The third-order valence-electron chi connectivity index (χ3n) is 2.70. The van der Waals surface area contributed by atoms with Crippen molar-refractivity contribution < 1.29 is 4.92 Å². The van der Waals surface area contributed by atoms with Crippen LogP contribution in [0, 0.1) is 10.1 Å². The summed E-state index contributed by atoms with van der Waals surface area (Å²) in [7, 11) is 0. The van der Waals surface area contributed by atoms with Gasteiger partial charge in [-0.15, -0.1) is 11.3 Å². The van der Waals surface area contributed by atoms with Crippen molar-refractivity contribution in [1.82, 2.24) is 0 Å². The summed E-state index contributed by atoms with van der Waals surface area (Å²) in [4.78, 5) is 11.5. The normalized spacial score (nSPS) is 11.9. The Balaban J connectivity index is 2.24. The van der Waals surface area contributed by atoms with Crippen LogP contribution >= 0.6 is 22.9 Å². The van der Waals surface area contributed by atoms with E-state index < -0.39 is 4.92 Å². The van der Waals surface area contributed by atoms with Gasteiger partial charge in [0.2, 0.25) is 0 Å². The minimum Gasteiger partial charge on any atom is -0.377 e. The van der Waals surface area contributed by atoms with Crippen molar-refractivity contribution in [2.75, 3.05) is 10.7 Å². The molecule has 0 aliphatic carbocycles. The minimum absolute atomic E-state index is 0.0138.